The van der Waals surface area contributed by atoms with Crippen molar-refractivity contribution >= 4 is 23.4 Å². The van der Waals surface area contributed by atoms with Crippen molar-refractivity contribution in [3.8, 4) is 5.75 Å². The lowest BCUT2D eigenvalue weighted by Gasteiger charge is -2.08. The highest BCUT2D eigenvalue weighted by Crippen LogP contribution is 2.26. The van der Waals surface area contributed by atoms with Crippen LogP contribution in [0, 0.1) is 12.7 Å². The number of hydrogen-bond donors (Lipinski definition) is 0. The van der Waals surface area contributed by atoms with Crippen LogP contribution in [0.4, 0.5) is 4.39 Å². The van der Waals surface area contributed by atoms with Crippen LogP contribution >= 0.6 is 23.4 Å². The van der Waals surface area contributed by atoms with E-state index in [0.29, 0.717) is 11.6 Å². The molecular weight excluding hydrogens is 361 g/mol. The third kappa shape index (κ3) is 4.52. The molecule has 1 heterocycles. The second-order valence-electron chi connectivity index (χ2n) is 5.60. The smallest absolute Gasteiger partial charge is 0.191 e. The van der Waals surface area contributed by atoms with E-state index in [1.165, 1.54) is 29.3 Å². The average Bonchev–Trinajstić information content (AvgIpc) is 2.94. The van der Waals surface area contributed by atoms with Crippen LogP contribution < -0.4 is 4.74 Å². The first-order valence-electron chi connectivity index (χ1n) is 7.67. The predicted molar refractivity (Wildman–Crippen MR) is 97.5 cm³/mol. The molecule has 0 saturated heterocycles. The molecule has 4 nitrogen and oxygen atoms in total. The zero-order valence-corrected chi connectivity index (χ0v) is 15.4. The van der Waals surface area contributed by atoms with E-state index < -0.39 is 5.82 Å². The van der Waals surface area contributed by atoms with Crippen molar-refractivity contribution in [3.05, 3.63) is 70.3 Å². The summed E-state index contributed by atoms with van der Waals surface area (Å²) in [7, 11) is 1.89. The Balaban J connectivity index is 1.61. The number of rotatable bonds is 6. The van der Waals surface area contributed by atoms with Crippen molar-refractivity contribution < 1.29 is 9.13 Å². The zero-order valence-electron chi connectivity index (χ0n) is 13.9. The number of hydrogen-bond acceptors (Lipinski definition) is 4. The summed E-state index contributed by atoms with van der Waals surface area (Å²) in [4.78, 5) is 0. The highest BCUT2D eigenvalue weighted by Gasteiger charge is 2.11. The van der Waals surface area contributed by atoms with Gasteiger partial charge in [-0.1, -0.05) is 53.2 Å². The molecule has 0 atom stereocenters. The summed E-state index contributed by atoms with van der Waals surface area (Å²) in [5, 5.41) is 9.40. The van der Waals surface area contributed by atoms with Gasteiger partial charge in [-0.2, -0.15) is 0 Å². The molecule has 25 heavy (non-hydrogen) atoms. The number of nitrogens with zero attached hydrogens (tertiary/aromatic N) is 3. The molecule has 0 radical (unpaired) electrons. The molecule has 7 heteroatoms. The summed E-state index contributed by atoms with van der Waals surface area (Å²) >= 11 is 7.57. The van der Waals surface area contributed by atoms with Crippen LogP contribution in [-0.4, -0.2) is 14.8 Å². The first-order chi connectivity index (χ1) is 12.0. The summed E-state index contributed by atoms with van der Waals surface area (Å²) in [5.41, 5.74) is 2.47. The highest BCUT2D eigenvalue weighted by atomic mass is 35.5. The topological polar surface area (TPSA) is 39.9 Å². The van der Waals surface area contributed by atoms with Gasteiger partial charge in [0.05, 0.1) is 5.02 Å². The highest BCUT2D eigenvalue weighted by molar-refractivity contribution is 7.98. The summed E-state index contributed by atoms with van der Waals surface area (Å²) in [5.74, 6) is 1.51. The molecule has 0 N–H and O–H groups in total. The average molecular weight is 378 g/mol. The monoisotopic (exact) mass is 377 g/mol. The minimum atomic E-state index is -0.397. The fraction of sp³-hybridized carbons (Fsp3) is 0.222. The lowest BCUT2D eigenvalue weighted by atomic mass is 10.2. The minimum absolute atomic E-state index is 0.208. The molecule has 0 amide bonds. The third-order valence-electron chi connectivity index (χ3n) is 3.66. The van der Waals surface area contributed by atoms with E-state index in [9.17, 15) is 4.39 Å². The standard InChI is InChI=1S/C18H17ClFN3OS/c1-12-3-5-13(6-4-12)11-25-18-22-21-17(23(18)2)10-24-16-8-7-14(20)9-15(16)19/h3-9H,10-11H2,1-2H3. The van der Waals surface area contributed by atoms with Crippen LogP contribution in [0.15, 0.2) is 47.6 Å². The quantitative estimate of drug-likeness (QED) is 0.579. The summed E-state index contributed by atoms with van der Waals surface area (Å²) < 4.78 is 20.6. The maximum absolute atomic E-state index is 13.1. The number of halogens is 2. The van der Waals surface area contributed by atoms with E-state index in [4.69, 9.17) is 16.3 Å². The van der Waals surface area contributed by atoms with Crippen LogP contribution in [-0.2, 0) is 19.4 Å². The molecule has 0 spiro atoms. The van der Waals surface area contributed by atoms with Crippen LogP contribution in [0.5, 0.6) is 5.75 Å². The molecule has 0 aliphatic carbocycles. The first-order valence-corrected chi connectivity index (χ1v) is 9.04. The van der Waals surface area contributed by atoms with E-state index in [1.54, 1.807) is 11.8 Å². The number of aromatic nitrogens is 3. The molecule has 130 valence electrons. The van der Waals surface area contributed by atoms with Crippen LogP contribution in [0.3, 0.4) is 0 Å². The second kappa shape index (κ2) is 7.89. The Morgan fingerprint density at radius 1 is 1.16 bits per heavy atom. The van der Waals surface area contributed by atoms with Crippen molar-refractivity contribution in [1.82, 2.24) is 14.8 Å². The van der Waals surface area contributed by atoms with Crippen molar-refractivity contribution in [2.75, 3.05) is 0 Å². The summed E-state index contributed by atoms with van der Waals surface area (Å²) in [6.45, 7) is 2.28. The van der Waals surface area contributed by atoms with Gasteiger partial charge in [0.2, 0.25) is 0 Å². The molecule has 1 aromatic heterocycles. The third-order valence-corrected chi connectivity index (χ3v) is 5.05. The van der Waals surface area contributed by atoms with Gasteiger partial charge in [-0.15, -0.1) is 10.2 Å². The van der Waals surface area contributed by atoms with Gasteiger partial charge in [-0.3, -0.25) is 0 Å². The first kappa shape index (κ1) is 17.8. The van der Waals surface area contributed by atoms with E-state index >= 15 is 0 Å². The lowest BCUT2D eigenvalue weighted by Crippen LogP contribution is -2.04. The minimum Gasteiger partial charge on any atom is -0.484 e. The SMILES string of the molecule is Cc1ccc(CSc2nnc(COc3ccc(F)cc3Cl)n2C)cc1. The summed E-state index contributed by atoms with van der Waals surface area (Å²) in [6, 6.07) is 12.4. The second-order valence-corrected chi connectivity index (χ2v) is 6.95. The molecule has 0 aliphatic rings. The van der Waals surface area contributed by atoms with Gasteiger partial charge in [-0.05, 0) is 30.7 Å². The molecule has 3 rings (SSSR count). The number of thioether (sulfide) groups is 1. The van der Waals surface area contributed by atoms with Gasteiger partial charge in [0, 0.05) is 12.8 Å². The molecule has 0 unspecified atom stereocenters. The fourth-order valence-electron chi connectivity index (χ4n) is 2.16. The molecule has 2 aromatic carbocycles. The van der Waals surface area contributed by atoms with E-state index in [-0.39, 0.29) is 11.6 Å². The number of benzene rings is 2. The van der Waals surface area contributed by atoms with Crippen molar-refractivity contribution in [3.63, 3.8) is 0 Å². The Bertz CT molecular complexity index is 867. The van der Waals surface area contributed by atoms with Gasteiger partial charge < -0.3 is 9.30 Å². The Kier molecular flexibility index (Phi) is 5.60. The van der Waals surface area contributed by atoms with Gasteiger partial charge >= 0.3 is 0 Å². The fourth-order valence-corrected chi connectivity index (χ4v) is 3.27. The van der Waals surface area contributed by atoms with Crippen molar-refractivity contribution in [2.24, 2.45) is 7.05 Å². The molecule has 0 fully saturated rings. The Morgan fingerprint density at radius 3 is 2.64 bits per heavy atom. The molecule has 0 aliphatic heterocycles. The molecule has 3 aromatic rings. The van der Waals surface area contributed by atoms with Crippen LogP contribution in [0.25, 0.3) is 0 Å². The van der Waals surface area contributed by atoms with E-state index in [0.717, 1.165) is 10.9 Å². The van der Waals surface area contributed by atoms with Crippen LogP contribution in [0.2, 0.25) is 5.02 Å². The molecule has 0 bridgehead atoms. The van der Waals surface area contributed by atoms with Crippen molar-refractivity contribution in [2.45, 2.75) is 24.4 Å². The van der Waals surface area contributed by atoms with E-state index in [1.807, 2.05) is 11.6 Å². The van der Waals surface area contributed by atoms with Crippen molar-refractivity contribution in [1.29, 1.82) is 0 Å². The molecule has 0 saturated carbocycles. The van der Waals surface area contributed by atoms with Gasteiger partial charge in [0.15, 0.2) is 11.0 Å². The van der Waals surface area contributed by atoms with Gasteiger partial charge in [-0.25, -0.2) is 4.39 Å². The van der Waals surface area contributed by atoms with Crippen LogP contribution in [0.1, 0.15) is 17.0 Å². The Hall–Kier alpha value is -2.05. The summed E-state index contributed by atoms with van der Waals surface area (Å²) in [6.07, 6.45) is 0. The van der Waals surface area contributed by atoms with Gasteiger partial charge in [0.25, 0.3) is 0 Å². The molecular formula is C18H17ClFN3OS. The maximum Gasteiger partial charge on any atom is 0.191 e. The maximum atomic E-state index is 13.1. The largest absolute Gasteiger partial charge is 0.484 e. The number of ether oxygens (including phenoxy) is 1. The Morgan fingerprint density at radius 2 is 1.92 bits per heavy atom. The number of aryl methyl sites for hydroxylation is 1. The normalized spacial score (nSPS) is 10.9. The predicted octanol–water partition coefficient (Wildman–Crippen LogP) is 4.79. The zero-order chi connectivity index (χ0) is 17.8. The lowest BCUT2D eigenvalue weighted by molar-refractivity contribution is 0.290. The van der Waals surface area contributed by atoms with Gasteiger partial charge in [0.1, 0.15) is 18.2 Å². The Labute approximate surface area is 155 Å². The van der Waals surface area contributed by atoms with E-state index in [2.05, 4.69) is 41.4 Å².